The number of hydrogen-bond acceptors (Lipinski definition) is 5. The maximum Gasteiger partial charge on any atom is 0.198 e. The number of H-pyrrole nitrogens is 1. The number of carbonyl (C=O) groups is 1. The molecule has 0 saturated heterocycles. The summed E-state index contributed by atoms with van der Waals surface area (Å²) in [6.07, 6.45) is 5.15. The van der Waals surface area contributed by atoms with Crippen LogP contribution in [0.4, 0.5) is 11.5 Å². The average Bonchev–Trinajstić information content (AvgIpc) is 3.14. The Morgan fingerprint density at radius 1 is 1.28 bits per heavy atom. The van der Waals surface area contributed by atoms with Crippen LogP contribution in [0, 0.1) is 0 Å². The molecule has 3 heterocycles. The topological polar surface area (TPSA) is 70.7 Å². The molecule has 3 aromatic rings. The van der Waals surface area contributed by atoms with Gasteiger partial charge in [0.1, 0.15) is 17.8 Å². The van der Waals surface area contributed by atoms with E-state index in [1.54, 1.807) is 6.33 Å². The molecule has 0 amide bonds. The van der Waals surface area contributed by atoms with E-state index >= 15 is 0 Å². The molecule has 0 spiro atoms. The van der Waals surface area contributed by atoms with Gasteiger partial charge in [-0.15, -0.1) is 0 Å². The molecule has 2 N–H and O–H groups in total. The highest BCUT2D eigenvalue weighted by Gasteiger charge is 2.20. The highest BCUT2D eigenvalue weighted by Crippen LogP contribution is 2.36. The molecule has 128 valence electrons. The molecular weight excluding hydrogens is 332 g/mol. The van der Waals surface area contributed by atoms with Gasteiger partial charge in [0.2, 0.25) is 0 Å². The maximum atomic E-state index is 11.6. The second-order valence-electron chi connectivity index (χ2n) is 6.23. The van der Waals surface area contributed by atoms with Gasteiger partial charge in [0.05, 0.1) is 5.39 Å². The first-order valence-corrected chi connectivity index (χ1v) is 9.46. The third-order valence-corrected chi connectivity index (χ3v) is 5.50. The van der Waals surface area contributed by atoms with E-state index in [2.05, 4.69) is 34.1 Å². The molecule has 0 atom stereocenters. The van der Waals surface area contributed by atoms with E-state index in [9.17, 15) is 4.79 Å². The Labute approximate surface area is 150 Å². The summed E-state index contributed by atoms with van der Waals surface area (Å²) in [5.74, 6) is 0.815. The van der Waals surface area contributed by atoms with Gasteiger partial charge in [-0.05, 0) is 36.1 Å². The Hall–Kier alpha value is -2.34. The number of rotatable bonds is 5. The van der Waals surface area contributed by atoms with Gasteiger partial charge >= 0.3 is 0 Å². The first kappa shape index (κ1) is 16.1. The number of nitrogens with zero attached hydrogens (tertiary/aromatic N) is 2. The maximum absolute atomic E-state index is 11.6. The van der Waals surface area contributed by atoms with Gasteiger partial charge in [-0.2, -0.15) is 0 Å². The average molecular weight is 352 g/mol. The molecule has 0 bridgehead atoms. The van der Waals surface area contributed by atoms with Crippen LogP contribution >= 0.6 is 11.8 Å². The molecule has 2 aromatic heterocycles. The SMILES string of the molecule is CCCc1[nH]c2ncnc(Nc3ccc4c(c3)SC(=O)C4)c2c1CC. The van der Waals surface area contributed by atoms with Crippen LogP contribution in [0.25, 0.3) is 11.0 Å². The molecule has 0 radical (unpaired) electrons. The number of aromatic nitrogens is 3. The van der Waals surface area contributed by atoms with Crippen molar-refractivity contribution in [2.45, 2.75) is 44.4 Å². The lowest BCUT2D eigenvalue weighted by molar-refractivity contribution is -0.110. The van der Waals surface area contributed by atoms with E-state index in [1.165, 1.54) is 23.0 Å². The van der Waals surface area contributed by atoms with Crippen molar-refractivity contribution in [1.29, 1.82) is 0 Å². The van der Waals surface area contributed by atoms with Gasteiger partial charge in [-0.3, -0.25) is 4.79 Å². The second-order valence-corrected chi connectivity index (χ2v) is 7.33. The fraction of sp³-hybridized carbons (Fsp3) is 0.316. The number of aromatic amines is 1. The normalized spacial score (nSPS) is 13.4. The van der Waals surface area contributed by atoms with Crippen LogP contribution in [0.1, 0.15) is 37.1 Å². The zero-order valence-electron chi connectivity index (χ0n) is 14.3. The number of aryl methyl sites for hydroxylation is 2. The minimum Gasteiger partial charge on any atom is -0.343 e. The molecule has 1 aliphatic heterocycles. The largest absolute Gasteiger partial charge is 0.343 e. The molecule has 5 nitrogen and oxygen atoms in total. The lowest BCUT2D eigenvalue weighted by atomic mass is 10.1. The number of fused-ring (bicyclic) bond motifs is 2. The van der Waals surface area contributed by atoms with Crippen LogP contribution in [-0.4, -0.2) is 20.1 Å². The van der Waals surface area contributed by atoms with E-state index in [-0.39, 0.29) is 5.12 Å². The zero-order valence-corrected chi connectivity index (χ0v) is 15.2. The Bertz CT molecular complexity index is 963. The quantitative estimate of drug-likeness (QED) is 0.712. The third kappa shape index (κ3) is 2.91. The summed E-state index contributed by atoms with van der Waals surface area (Å²) in [7, 11) is 0. The first-order valence-electron chi connectivity index (χ1n) is 8.64. The van der Waals surface area contributed by atoms with E-state index < -0.39 is 0 Å². The Morgan fingerprint density at radius 3 is 2.96 bits per heavy atom. The van der Waals surface area contributed by atoms with Crippen molar-refractivity contribution in [1.82, 2.24) is 15.0 Å². The highest BCUT2D eigenvalue weighted by molar-refractivity contribution is 8.14. The van der Waals surface area contributed by atoms with E-state index in [1.807, 2.05) is 18.2 Å². The molecule has 1 aliphatic rings. The van der Waals surface area contributed by atoms with E-state index in [0.29, 0.717) is 6.42 Å². The summed E-state index contributed by atoms with van der Waals surface area (Å²) in [6.45, 7) is 4.34. The molecule has 0 saturated carbocycles. The molecule has 25 heavy (non-hydrogen) atoms. The summed E-state index contributed by atoms with van der Waals surface area (Å²) < 4.78 is 0. The van der Waals surface area contributed by atoms with Gasteiger partial charge in [-0.1, -0.05) is 38.1 Å². The summed E-state index contributed by atoms with van der Waals surface area (Å²) in [4.78, 5) is 25.0. The standard InChI is InChI=1S/C19H20N4OS/c1-3-5-14-13(4-2)17-18(20-10-21-19(17)23-14)22-12-7-6-11-8-16(24)25-15(11)9-12/h6-7,9-10H,3-5,8H2,1-2H3,(H2,20,21,22,23). The minimum absolute atomic E-state index is 0.208. The number of carbonyl (C=O) groups excluding carboxylic acids is 1. The smallest absolute Gasteiger partial charge is 0.198 e. The lowest BCUT2D eigenvalue weighted by Crippen LogP contribution is -1.97. The minimum atomic E-state index is 0.208. The predicted octanol–water partition coefficient (Wildman–Crippen LogP) is 4.39. The molecule has 4 rings (SSSR count). The fourth-order valence-corrected chi connectivity index (χ4v) is 4.34. The molecule has 0 fully saturated rings. The monoisotopic (exact) mass is 352 g/mol. The van der Waals surface area contributed by atoms with Gasteiger partial charge in [-0.25, -0.2) is 9.97 Å². The second kappa shape index (κ2) is 6.52. The van der Waals surface area contributed by atoms with Crippen LogP contribution < -0.4 is 5.32 Å². The van der Waals surface area contributed by atoms with Crippen molar-refractivity contribution < 1.29 is 4.79 Å². The Morgan fingerprint density at radius 2 is 2.16 bits per heavy atom. The summed E-state index contributed by atoms with van der Waals surface area (Å²) in [5.41, 5.74) is 5.46. The number of hydrogen-bond donors (Lipinski definition) is 2. The summed E-state index contributed by atoms with van der Waals surface area (Å²) in [6, 6.07) is 6.07. The van der Waals surface area contributed by atoms with Crippen LogP contribution in [0.5, 0.6) is 0 Å². The van der Waals surface area contributed by atoms with Gasteiger partial charge in [0.15, 0.2) is 5.12 Å². The zero-order chi connectivity index (χ0) is 17.4. The number of nitrogens with one attached hydrogen (secondary N) is 2. The van der Waals surface area contributed by atoms with Crippen molar-refractivity contribution in [2.75, 3.05) is 5.32 Å². The van der Waals surface area contributed by atoms with Crippen molar-refractivity contribution in [3.05, 3.63) is 41.3 Å². The predicted molar refractivity (Wildman–Crippen MR) is 102 cm³/mol. The van der Waals surface area contributed by atoms with Crippen LogP contribution in [0.3, 0.4) is 0 Å². The van der Waals surface area contributed by atoms with Crippen LogP contribution in [0.15, 0.2) is 29.4 Å². The molecular formula is C19H20N4OS. The van der Waals surface area contributed by atoms with Gasteiger partial charge in [0.25, 0.3) is 0 Å². The highest BCUT2D eigenvalue weighted by atomic mass is 32.2. The van der Waals surface area contributed by atoms with Crippen LogP contribution in [0.2, 0.25) is 0 Å². The summed E-state index contributed by atoms with van der Waals surface area (Å²) >= 11 is 1.32. The molecule has 1 aromatic carbocycles. The number of thioether (sulfide) groups is 1. The molecule has 0 aliphatic carbocycles. The number of anilines is 2. The van der Waals surface area contributed by atoms with E-state index in [0.717, 1.165) is 52.3 Å². The molecule has 6 heteroatoms. The fourth-order valence-electron chi connectivity index (χ4n) is 3.41. The van der Waals surface area contributed by atoms with Gasteiger partial charge < -0.3 is 10.3 Å². The Balaban J connectivity index is 1.75. The van der Waals surface area contributed by atoms with E-state index in [4.69, 9.17) is 0 Å². The van der Waals surface area contributed by atoms with Crippen molar-refractivity contribution in [2.24, 2.45) is 0 Å². The van der Waals surface area contributed by atoms with Crippen molar-refractivity contribution >= 4 is 39.4 Å². The third-order valence-electron chi connectivity index (χ3n) is 4.52. The van der Waals surface area contributed by atoms with Gasteiger partial charge in [0, 0.05) is 22.7 Å². The first-order chi connectivity index (χ1) is 12.2. The molecule has 0 unspecified atom stereocenters. The Kier molecular flexibility index (Phi) is 4.21. The lowest BCUT2D eigenvalue weighted by Gasteiger charge is -2.09. The van der Waals surface area contributed by atoms with Crippen molar-refractivity contribution in [3.63, 3.8) is 0 Å². The summed E-state index contributed by atoms with van der Waals surface area (Å²) in [5, 5.41) is 4.70. The number of benzene rings is 1. The van der Waals surface area contributed by atoms with Crippen LogP contribution in [-0.2, 0) is 24.1 Å². The van der Waals surface area contributed by atoms with Crippen molar-refractivity contribution in [3.8, 4) is 0 Å².